The predicted octanol–water partition coefficient (Wildman–Crippen LogP) is 3.83. The molecule has 1 aliphatic heterocycles. The number of hydrogen-bond donors (Lipinski definition) is 2. The average Bonchev–Trinajstić information content (AvgIpc) is 3.25. The summed E-state index contributed by atoms with van der Waals surface area (Å²) in [4.78, 5) is 15.6. The van der Waals surface area contributed by atoms with Gasteiger partial charge in [-0.2, -0.15) is 0 Å². The van der Waals surface area contributed by atoms with Gasteiger partial charge in [0.15, 0.2) is 9.43 Å². The number of benzene rings is 1. The molecule has 1 aromatic carbocycles. The van der Waals surface area contributed by atoms with Crippen LogP contribution in [0.1, 0.15) is 11.1 Å². The molecular weight excluding hydrogens is 352 g/mol. The summed E-state index contributed by atoms with van der Waals surface area (Å²) in [5.41, 5.74) is 0.990. The van der Waals surface area contributed by atoms with Crippen molar-refractivity contribution in [3.8, 4) is 0 Å². The molecule has 1 fully saturated rings. The Morgan fingerprint density at radius 2 is 2.22 bits per heavy atom. The second kappa shape index (κ2) is 6.20. The van der Waals surface area contributed by atoms with Gasteiger partial charge in [0.1, 0.15) is 17.2 Å². The minimum atomic E-state index is -0.823. The Bertz CT molecular complexity index is 827. The number of nitrogens with one attached hydrogen (secondary N) is 1. The zero-order valence-electron chi connectivity index (χ0n) is 11.8. The summed E-state index contributed by atoms with van der Waals surface area (Å²) in [5.74, 6) is 0.471. The van der Waals surface area contributed by atoms with Crippen molar-refractivity contribution >= 4 is 51.0 Å². The Morgan fingerprint density at radius 3 is 3.00 bits per heavy atom. The van der Waals surface area contributed by atoms with Crippen molar-refractivity contribution in [3.05, 3.63) is 42.2 Å². The summed E-state index contributed by atoms with van der Waals surface area (Å²) >= 11 is 4.67. The molecule has 0 spiro atoms. The number of nitrogens with zero attached hydrogens (tertiary/aromatic N) is 1. The topological polar surface area (TPSA) is 75.4 Å². The van der Waals surface area contributed by atoms with Gasteiger partial charge in [-0.25, -0.2) is 4.98 Å². The third kappa shape index (κ3) is 3.12. The molecule has 4 rings (SSSR count). The molecule has 0 saturated carbocycles. The fraction of sp³-hybridized carbons (Fsp3) is 0.200. The lowest BCUT2D eigenvalue weighted by Crippen LogP contribution is -2.33. The third-order valence-electron chi connectivity index (χ3n) is 3.40. The van der Waals surface area contributed by atoms with Crippen LogP contribution in [-0.4, -0.2) is 27.9 Å². The second-order valence-electron chi connectivity index (χ2n) is 4.98. The van der Waals surface area contributed by atoms with E-state index in [2.05, 4.69) is 16.4 Å². The SMILES string of the molecule is O=C(O)[C@@H]1CS[C@H](c2ccc(Sc3nc4ccccc4s3)o2)N1. The molecule has 5 nitrogen and oxygen atoms in total. The first-order valence-electron chi connectivity index (χ1n) is 6.93. The number of hydrogen-bond acceptors (Lipinski definition) is 7. The molecule has 8 heteroatoms. The van der Waals surface area contributed by atoms with E-state index in [1.165, 1.54) is 11.8 Å². The molecule has 0 aliphatic carbocycles. The van der Waals surface area contributed by atoms with Crippen LogP contribution in [0, 0.1) is 0 Å². The van der Waals surface area contributed by atoms with Crippen molar-refractivity contribution < 1.29 is 14.3 Å². The molecule has 0 bridgehead atoms. The summed E-state index contributed by atoms with van der Waals surface area (Å²) in [6, 6.07) is 11.3. The zero-order chi connectivity index (χ0) is 15.8. The average molecular weight is 364 g/mol. The fourth-order valence-electron chi connectivity index (χ4n) is 2.29. The Morgan fingerprint density at radius 1 is 1.35 bits per heavy atom. The summed E-state index contributed by atoms with van der Waals surface area (Å²) < 4.78 is 7.93. The number of aliphatic carboxylic acids is 1. The van der Waals surface area contributed by atoms with Crippen molar-refractivity contribution in [2.45, 2.75) is 20.8 Å². The highest BCUT2D eigenvalue weighted by Gasteiger charge is 2.32. The molecule has 3 aromatic rings. The first kappa shape index (κ1) is 15.1. The molecule has 0 amide bonds. The lowest BCUT2D eigenvalue weighted by Gasteiger charge is -2.07. The fourth-order valence-corrected chi connectivity index (χ4v) is 5.43. The largest absolute Gasteiger partial charge is 0.480 e. The van der Waals surface area contributed by atoms with Gasteiger partial charge in [-0.05, 0) is 36.0 Å². The van der Waals surface area contributed by atoms with Gasteiger partial charge in [-0.3, -0.25) is 10.1 Å². The van der Waals surface area contributed by atoms with Gasteiger partial charge in [-0.1, -0.05) is 12.1 Å². The number of furan rings is 1. The van der Waals surface area contributed by atoms with Crippen molar-refractivity contribution in [1.82, 2.24) is 10.3 Å². The molecule has 2 aromatic heterocycles. The van der Waals surface area contributed by atoms with Gasteiger partial charge in [0.05, 0.1) is 10.2 Å². The van der Waals surface area contributed by atoms with E-state index < -0.39 is 12.0 Å². The zero-order valence-corrected chi connectivity index (χ0v) is 14.2. The number of carboxylic acids is 1. The van der Waals surface area contributed by atoms with Gasteiger partial charge in [-0.15, -0.1) is 23.1 Å². The number of fused-ring (bicyclic) bond motifs is 1. The van der Waals surface area contributed by atoms with Crippen LogP contribution in [0.3, 0.4) is 0 Å². The monoisotopic (exact) mass is 364 g/mol. The molecule has 1 saturated heterocycles. The summed E-state index contributed by atoms with van der Waals surface area (Å²) in [7, 11) is 0. The van der Waals surface area contributed by atoms with Crippen LogP contribution in [0.2, 0.25) is 0 Å². The highest BCUT2D eigenvalue weighted by atomic mass is 32.2. The number of rotatable bonds is 4. The van der Waals surface area contributed by atoms with Crippen LogP contribution in [0.5, 0.6) is 0 Å². The smallest absolute Gasteiger partial charge is 0.321 e. The van der Waals surface area contributed by atoms with Crippen LogP contribution < -0.4 is 5.32 Å². The molecule has 118 valence electrons. The quantitative estimate of drug-likeness (QED) is 0.729. The van der Waals surface area contributed by atoms with E-state index >= 15 is 0 Å². The van der Waals surface area contributed by atoms with Crippen molar-refractivity contribution in [1.29, 1.82) is 0 Å². The van der Waals surface area contributed by atoms with E-state index in [-0.39, 0.29) is 5.37 Å². The van der Waals surface area contributed by atoms with E-state index in [4.69, 9.17) is 9.52 Å². The van der Waals surface area contributed by atoms with Crippen LogP contribution in [0.25, 0.3) is 10.2 Å². The number of carbonyl (C=O) groups is 1. The third-order valence-corrected chi connectivity index (χ3v) is 6.65. The maximum Gasteiger partial charge on any atom is 0.321 e. The minimum absolute atomic E-state index is 0.110. The molecule has 2 atom stereocenters. The molecule has 23 heavy (non-hydrogen) atoms. The molecule has 1 aliphatic rings. The molecule has 2 N–H and O–H groups in total. The van der Waals surface area contributed by atoms with Crippen LogP contribution >= 0.6 is 34.9 Å². The van der Waals surface area contributed by atoms with Gasteiger partial charge < -0.3 is 9.52 Å². The summed E-state index contributed by atoms with van der Waals surface area (Å²) in [6.07, 6.45) is 0. The maximum absolute atomic E-state index is 11.0. The number of aromatic nitrogens is 1. The van der Waals surface area contributed by atoms with Crippen LogP contribution in [0.15, 0.2) is 50.2 Å². The van der Waals surface area contributed by atoms with Crippen molar-refractivity contribution in [3.63, 3.8) is 0 Å². The predicted molar refractivity (Wildman–Crippen MR) is 92.2 cm³/mol. The van der Waals surface area contributed by atoms with Crippen molar-refractivity contribution in [2.24, 2.45) is 0 Å². The highest BCUT2D eigenvalue weighted by Crippen LogP contribution is 2.39. The molecule has 0 radical (unpaired) electrons. The van der Waals surface area contributed by atoms with E-state index in [9.17, 15) is 4.79 Å². The Kier molecular flexibility index (Phi) is 4.06. The standard InChI is InChI=1S/C15H12N2O3S3/c18-14(19)9-7-21-13(16-9)10-5-6-12(20-10)23-15-17-8-3-1-2-4-11(8)22-15/h1-6,9,13,16H,7H2,(H,18,19)/t9-,13+/m0/s1. The highest BCUT2D eigenvalue weighted by molar-refractivity contribution is 8.01. The van der Waals surface area contributed by atoms with E-state index in [0.29, 0.717) is 5.75 Å². The normalized spacial score (nSPS) is 21.0. The van der Waals surface area contributed by atoms with Gasteiger partial charge in [0.25, 0.3) is 0 Å². The molecule has 0 unspecified atom stereocenters. The minimum Gasteiger partial charge on any atom is -0.480 e. The van der Waals surface area contributed by atoms with Gasteiger partial charge in [0, 0.05) is 5.75 Å². The molecular formula is C15H12N2O3S3. The van der Waals surface area contributed by atoms with Crippen LogP contribution in [0.4, 0.5) is 0 Å². The number of para-hydroxylation sites is 1. The maximum atomic E-state index is 11.0. The first-order valence-corrected chi connectivity index (χ1v) is 9.61. The van der Waals surface area contributed by atoms with Crippen molar-refractivity contribution in [2.75, 3.05) is 5.75 Å². The Labute approximate surface area is 144 Å². The lowest BCUT2D eigenvalue weighted by molar-refractivity contribution is -0.138. The van der Waals surface area contributed by atoms with Gasteiger partial charge in [0.2, 0.25) is 0 Å². The summed E-state index contributed by atoms with van der Waals surface area (Å²) in [6.45, 7) is 0. The van der Waals surface area contributed by atoms with Crippen LogP contribution in [-0.2, 0) is 4.79 Å². The van der Waals surface area contributed by atoms with E-state index in [0.717, 1.165) is 25.4 Å². The Balaban J connectivity index is 1.49. The number of carboxylic acid groups (broad SMARTS) is 1. The molecule has 3 heterocycles. The summed E-state index contributed by atoms with van der Waals surface area (Å²) in [5, 5.41) is 12.7. The number of thiazole rings is 1. The lowest BCUT2D eigenvalue weighted by atomic mass is 10.3. The first-order chi connectivity index (χ1) is 11.2. The second-order valence-corrected chi connectivity index (χ2v) is 8.40. The van der Waals surface area contributed by atoms with E-state index in [1.807, 2.05) is 30.3 Å². The Hall–Kier alpha value is -1.48. The van der Waals surface area contributed by atoms with E-state index in [1.54, 1.807) is 23.1 Å². The van der Waals surface area contributed by atoms with Gasteiger partial charge >= 0.3 is 5.97 Å². The number of thioether (sulfide) groups is 1.